The lowest BCUT2D eigenvalue weighted by molar-refractivity contribution is -0.115. The molecule has 0 saturated carbocycles. The van der Waals surface area contributed by atoms with E-state index in [1.807, 2.05) is 0 Å². The normalized spacial score (nSPS) is 11.6. The highest BCUT2D eigenvalue weighted by Gasteiger charge is 2.20. The van der Waals surface area contributed by atoms with Gasteiger partial charge in [-0.15, -0.1) is 0 Å². The third kappa shape index (κ3) is 4.97. The molecule has 1 aromatic heterocycles. The van der Waals surface area contributed by atoms with Crippen LogP contribution in [0.1, 0.15) is 17.7 Å². The van der Waals surface area contributed by atoms with E-state index in [-0.39, 0.29) is 28.4 Å². The van der Waals surface area contributed by atoms with Gasteiger partial charge in [0.15, 0.2) is 0 Å². The number of aromatic nitrogens is 2. The number of primary sulfonamides is 1. The number of carbonyl (C=O) groups is 1. The second-order valence-corrected chi connectivity index (χ2v) is 8.00. The molecule has 0 aliphatic heterocycles. The number of rotatable bonds is 6. The van der Waals surface area contributed by atoms with Crippen molar-refractivity contribution in [1.29, 1.82) is 0 Å². The van der Waals surface area contributed by atoms with Crippen LogP contribution in [0.3, 0.4) is 0 Å². The van der Waals surface area contributed by atoms with Crippen LogP contribution in [0.5, 0.6) is 0 Å². The number of nitrogens with one attached hydrogen (secondary N) is 2. The number of imidazole rings is 1. The van der Waals surface area contributed by atoms with E-state index in [4.69, 9.17) is 16.7 Å². The summed E-state index contributed by atoms with van der Waals surface area (Å²) in [5.74, 6) is -0.512. The highest BCUT2D eigenvalue weighted by molar-refractivity contribution is 7.89. The summed E-state index contributed by atoms with van der Waals surface area (Å²) in [7, 11) is -4.24. The van der Waals surface area contributed by atoms with Crippen LogP contribution in [0.25, 0.3) is 11.4 Å². The Morgan fingerprint density at radius 3 is 2.59 bits per heavy atom. The molecule has 0 saturated heterocycles. The first-order valence-corrected chi connectivity index (χ1v) is 10.1. The number of alkyl halides is 2. The summed E-state index contributed by atoms with van der Waals surface area (Å²) in [5, 5.41) is 8.25. The standard InChI is InChI=1S/C18H15ClF2N4O3S/c19-13-4-2-1-3-10(13)7-16(26)24-11-5-6-12(15(8-11)29(22,27)28)18-23-9-14(25-18)17(20)21/h1-6,8-9,17H,7H2,(H,23,25)(H,24,26)(H2,22,27,28). The summed E-state index contributed by atoms with van der Waals surface area (Å²) in [6, 6.07) is 10.7. The van der Waals surface area contributed by atoms with Gasteiger partial charge in [0.2, 0.25) is 15.9 Å². The van der Waals surface area contributed by atoms with Crippen molar-refractivity contribution in [2.24, 2.45) is 5.14 Å². The summed E-state index contributed by atoms with van der Waals surface area (Å²) >= 11 is 6.03. The lowest BCUT2D eigenvalue weighted by atomic mass is 10.1. The van der Waals surface area contributed by atoms with Gasteiger partial charge in [0, 0.05) is 16.3 Å². The van der Waals surface area contributed by atoms with Gasteiger partial charge >= 0.3 is 0 Å². The topological polar surface area (TPSA) is 118 Å². The molecule has 4 N–H and O–H groups in total. The van der Waals surface area contributed by atoms with Crippen molar-refractivity contribution >= 4 is 33.2 Å². The van der Waals surface area contributed by atoms with E-state index in [1.165, 1.54) is 12.1 Å². The number of aromatic amines is 1. The number of anilines is 1. The van der Waals surface area contributed by atoms with Crippen LogP contribution in [-0.2, 0) is 21.2 Å². The zero-order valence-electron chi connectivity index (χ0n) is 14.7. The fourth-order valence-electron chi connectivity index (χ4n) is 2.63. The van der Waals surface area contributed by atoms with Crippen LogP contribution in [0.15, 0.2) is 53.6 Å². The number of sulfonamides is 1. The smallest absolute Gasteiger partial charge is 0.279 e. The van der Waals surface area contributed by atoms with Gasteiger partial charge in [-0.1, -0.05) is 29.8 Å². The summed E-state index contributed by atoms with van der Waals surface area (Å²) in [6.45, 7) is 0. The van der Waals surface area contributed by atoms with Gasteiger partial charge < -0.3 is 10.3 Å². The van der Waals surface area contributed by atoms with Crippen LogP contribution >= 0.6 is 11.6 Å². The van der Waals surface area contributed by atoms with Crippen molar-refractivity contribution in [1.82, 2.24) is 9.97 Å². The molecular formula is C18H15ClF2N4O3S. The average molecular weight is 441 g/mol. The van der Waals surface area contributed by atoms with Crippen LogP contribution < -0.4 is 10.5 Å². The van der Waals surface area contributed by atoms with Crippen molar-refractivity contribution in [3.05, 3.63) is 64.9 Å². The Morgan fingerprint density at radius 2 is 1.97 bits per heavy atom. The van der Waals surface area contributed by atoms with Gasteiger partial charge in [-0.25, -0.2) is 27.3 Å². The SMILES string of the molecule is NS(=O)(=O)c1cc(NC(=O)Cc2ccccc2Cl)ccc1-c1ncc(C(F)F)[nH]1. The van der Waals surface area contributed by atoms with Crippen LogP contribution in [0.2, 0.25) is 5.02 Å². The molecule has 11 heteroatoms. The van der Waals surface area contributed by atoms with E-state index in [0.29, 0.717) is 10.6 Å². The van der Waals surface area contributed by atoms with Crippen LogP contribution in [0, 0.1) is 0 Å². The molecular weight excluding hydrogens is 426 g/mol. The monoisotopic (exact) mass is 440 g/mol. The molecule has 3 rings (SSSR count). The number of nitrogens with zero attached hydrogens (tertiary/aromatic N) is 1. The summed E-state index contributed by atoms with van der Waals surface area (Å²) in [4.78, 5) is 18.0. The van der Waals surface area contributed by atoms with Gasteiger partial charge in [0.1, 0.15) is 11.5 Å². The molecule has 0 fully saturated rings. The van der Waals surface area contributed by atoms with Gasteiger partial charge in [-0.2, -0.15) is 0 Å². The van der Waals surface area contributed by atoms with Crippen molar-refractivity contribution in [3.8, 4) is 11.4 Å². The first-order valence-electron chi connectivity index (χ1n) is 8.18. The molecule has 0 radical (unpaired) electrons. The molecule has 3 aromatic rings. The minimum Gasteiger partial charge on any atom is -0.337 e. The number of nitrogens with two attached hydrogens (primary N) is 1. The Bertz CT molecular complexity index is 1170. The van der Waals surface area contributed by atoms with Crippen molar-refractivity contribution in [3.63, 3.8) is 0 Å². The molecule has 0 bridgehead atoms. The molecule has 1 amide bonds. The quantitative estimate of drug-likeness (QED) is 0.543. The number of amides is 1. The summed E-state index contributed by atoms with van der Waals surface area (Å²) in [5.41, 5.74) is 0.307. The van der Waals surface area contributed by atoms with Crippen molar-refractivity contribution < 1.29 is 22.0 Å². The van der Waals surface area contributed by atoms with Gasteiger partial charge in [-0.05, 0) is 29.8 Å². The lowest BCUT2D eigenvalue weighted by Crippen LogP contribution is -2.17. The first kappa shape index (κ1) is 20.9. The second-order valence-electron chi connectivity index (χ2n) is 6.06. The molecule has 2 aromatic carbocycles. The average Bonchev–Trinajstić information content (AvgIpc) is 3.13. The third-order valence-corrected chi connectivity index (χ3v) is 5.29. The highest BCUT2D eigenvalue weighted by atomic mass is 35.5. The minimum absolute atomic E-state index is 0.00324. The van der Waals surface area contributed by atoms with Gasteiger partial charge in [-0.3, -0.25) is 4.79 Å². The maximum atomic E-state index is 12.8. The molecule has 0 atom stereocenters. The van der Waals surface area contributed by atoms with E-state index in [9.17, 15) is 22.0 Å². The predicted molar refractivity (Wildman–Crippen MR) is 104 cm³/mol. The molecule has 152 valence electrons. The number of benzene rings is 2. The number of hydrogen-bond acceptors (Lipinski definition) is 4. The van der Waals surface area contributed by atoms with Gasteiger partial charge in [0.05, 0.1) is 17.5 Å². The Kier molecular flexibility index (Phi) is 5.96. The number of H-pyrrole nitrogens is 1. The number of halogens is 3. The van der Waals surface area contributed by atoms with Crippen LogP contribution in [0.4, 0.5) is 14.5 Å². The predicted octanol–water partition coefficient (Wildman–Crippen LogP) is 3.50. The van der Waals surface area contributed by atoms with E-state index in [1.54, 1.807) is 24.3 Å². The molecule has 29 heavy (non-hydrogen) atoms. The summed E-state index contributed by atoms with van der Waals surface area (Å²) in [6.07, 6.45) is -1.91. The fourth-order valence-corrected chi connectivity index (χ4v) is 3.60. The third-order valence-electron chi connectivity index (χ3n) is 3.97. The van der Waals surface area contributed by atoms with Crippen LogP contribution in [-0.4, -0.2) is 24.3 Å². The fraction of sp³-hybridized carbons (Fsp3) is 0.111. The maximum Gasteiger partial charge on any atom is 0.279 e. The maximum absolute atomic E-state index is 12.8. The molecule has 7 nitrogen and oxygen atoms in total. The van der Waals surface area contributed by atoms with E-state index in [0.717, 1.165) is 12.3 Å². The number of hydrogen-bond donors (Lipinski definition) is 3. The van der Waals surface area contributed by atoms with E-state index >= 15 is 0 Å². The van der Waals surface area contributed by atoms with E-state index < -0.39 is 28.0 Å². The molecule has 0 aliphatic carbocycles. The Balaban J connectivity index is 1.89. The molecule has 0 unspecified atom stereocenters. The van der Waals surface area contributed by atoms with Crippen molar-refractivity contribution in [2.75, 3.05) is 5.32 Å². The zero-order valence-corrected chi connectivity index (χ0v) is 16.3. The lowest BCUT2D eigenvalue weighted by Gasteiger charge is -2.11. The Labute approximate surface area is 170 Å². The molecule has 1 heterocycles. The largest absolute Gasteiger partial charge is 0.337 e. The minimum atomic E-state index is -4.24. The first-order chi connectivity index (χ1) is 13.6. The Hall–Kier alpha value is -2.82. The highest BCUT2D eigenvalue weighted by Crippen LogP contribution is 2.29. The van der Waals surface area contributed by atoms with E-state index in [2.05, 4.69) is 15.3 Å². The molecule has 0 spiro atoms. The number of carbonyl (C=O) groups excluding carboxylic acids is 1. The molecule has 0 aliphatic rings. The Morgan fingerprint density at radius 1 is 1.24 bits per heavy atom. The second kappa shape index (κ2) is 8.27. The summed E-state index contributed by atoms with van der Waals surface area (Å²) < 4.78 is 49.5. The van der Waals surface area contributed by atoms with Gasteiger partial charge in [0.25, 0.3) is 6.43 Å². The zero-order chi connectivity index (χ0) is 21.2. The van der Waals surface area contributed by atoms with Crippen molar-refractivity contribution in [2.45, 2.75) is 17.7 Å².